The summed E-state index contributed by atoms with van der Waals surface area (Å²) in [6.45, 7) is 0. The van der Waals surface area contributed by atoms with Crippen LogP contribution in [0.25, 0.3) is 16.3 Å². The third kappa shape index (κ3) is 3.48. The maximum atomic E-state index is 12.3. The fourth-order valence-corrected chi connectivity index (χ4v) is 3.05. The molecule has 1 aliphatic carbocycles. The largest absolute Gasteiger partial charge is 0.504 e. The first-order valence-electron chi connectivity index (χ1n) is 6.89. The summed E-state index contributed by atoms with van der Waals surface area (Å²) in [5, 5.41) is 11.8. The van der Waals surface area contributed by atoms with Crippen molar-refractivity contribution in [3.63, 3.8) is 0 Å². The Hall–Kier alpha value is -2.61. The number of aliphatic hydroxyl groups excluding tert-OH is 1. The van der Waals surface area contributed by atoms with E-state index in [0.717, 1.165) is 17.8 Å². The van der Waals surface area contributed by atoms with Crippen molar-refractivity contribution in [1.29, 1.82) is 0 Å². The zero-order valence-corrected chi connectivity index (χ0v) is 12.9. The molecule has 0 bridgehead atoms. The molecular weight excluding hydrogens is 341 g/mol. The summed E-state index contributed by atoms with van der Waals surface area (Å²) in [6.07, 6.45) is 1.88. The first kappa shape index (κ1) is 16.3. The number of benzene rings is 1. The van der Waals surface area contributed by atoms with E-state index in [0.29, 0.717) is 27.6 Å². The molecule has 8 heteroatoms. The van der Waals surface area contributed by atoms with Crippen molar-refractivity contribution in [2.75, 3.05) is 5.32 Å². The maximum absolute atomic E-state index is 12.3. The van der Waals surface area contributed by atoms with Gasteiger partial charge in [0.2, 0.25) is 5.76 Å². The van der Waals surface area contributed by atoms with Crippen LogP contribution in [0.4, 0.5) is 18.9 Å². The molecule has 24 heavy (non-hydrogen) atoms. The molecule has 0 saturated carbocycles. The highest BCUT2D eigenvalue weighted by Crippen LogP contribution is 2.30. The van der Waals surface area contributed by atoms with Crippen LogP contribution in [-0.2, 0) is 4.79 Å². The first-order chi connectivity index (χ1) is 11.3. The molecule has 1 aromatic carbocycles. The Bertz CT molecular complexity index is 894. The van der Waals surface area contributed by atoms with Crippen molar-refractivity contribution in [1.82, 2.24) is 4.98 Å². The Morgan fingerprint density at radius 3 is 2.83 bits per heavy atom. The number of amides is 1. The van der Waals surface area contributed by atoms with E-state index in [1.807, 2.05) is 6.08 Å². The van der Waals surface area contributed by atoms with Crippen LogP contribution in [0.15, 0.2) is 47.8 Å². The molecule has 0 aliphatic heterocycles. The number of carbonyl (C=O) groups excluding carboxylic acids is 1. The van der Waals surface area contributed by atoms with Gasteiger partial charge >= 0.3 is 6.18 Å². The topological polar surface area (TPSA) is 62.2 Å². The molecule has 0 fully saturated rings. The summed E-state index contributed by atoms with van der Waals surface area (Å²) in [6, 6.07) is 4.85. The molecule has 0 atom stereocenters. The molecule has 1 aliphatic rings. The Kier molecular flexibility index (Phi) is 4.15. The minimum atomic E-state index is -4.81. The Balaban J connectivity index is 1.84. The quantitative estimate of drug-likeness (QED) is 0.795. The molecule has 2 aromatic rings. The van der Waals surface area contributed by atoms with Crippen molar-refractivity contribution >= 4 is 39.2 Å². The van der Waals surface area contributed by atoms with Gasteiger partial charge in [-0.25, -0.2) is 4.98 Å². The predicted molar refractivity (Wildman–Crippen MR) is 86.8 cm³/mol. The lowest BCUT2D eigenvalue weighted by Gasteiger charge is -2.04. The van der Waals surface area contributed by atoms with Crippen LogP contribution in [0.3, 0.4) is 0 Å². The number of aromatic nitrogens is 1. The van der Waals surface area contributed by atoms with Gasteiger partial charge in [0.15, 0.2) is 0 Å². The number of alkyl halides is 3. The number of nitrogens with one attached hydrogen (secondary N) is 1. The summed E-state index contributed by atoms with van der Waals surface area (Å²) in [5.41, 5.74) is 1.57. The molecule has 0 saturated heterocycles. The van der Waals surface area contributed by atoms with Crippen molar-refractivity contribution in [2.24, 2.45) is 0 Å². The monoisotopic (exact) mass is 352 g/mol. The van der Waals surface area contributed by atoms with E-state index in [4.69, 9.17) is 5.11 Å². The van der Waals surface area contributed by atoms with Gasteiger partial charge in [-0.2, -0.15) is 13.2 Å². The smallest absolute Gasteiger partial charge is 0.448 e. The van der Waals surface area contributed by atoms with Crippen molar-refractivity contribution in [2.45, 2.75) is 12.6 Å². The minimum Gasteiger partial charge on any atom is -0.504 e. The third-order valence-corrected chi connectivity index (χ3v) is 4.21. The van der Waals surface area contributed by atoms with Crippen molar-refractivity contribution in [3.8, 4) is 0 Å². The van der Waals surface area contributed by atoms with Gasteiger partial charge in [-0.15, -0.1) is 11.3 Å². The number of fused-ring (bicyclic) bond motifs is 1. The number of hydrogen-bond donors (Lipinski definition) is 2. The van der Waals surface area contributed by atoms with Crippen LogP contribution in [0.5, 0.6) is 0 Å². The molecule has 1 heterocycles. The summed E-state index contributed by atoms with van der Waals surface area (Å²) in [7, 11) is 0. The SMILES string of the molecule is O=C(Nc1ccc2nc(C=C(O)C(F)(F)F)sc2c1)C1=CCC=C1. The molecule has 1 aromatic heterocycles. The zero-order valence-electron chi connectivity index (χ0n) is 12.1. The highest BCUT2D eigenvalue weighted by atomic mass is 32.1. The van der Waals surface area contributed by atoms with Crippen LogP contribution >= 0.6 is 11.3 Å². The van der Waals surface area contributed by atoms with Crippen LogP contribution in [-0.4, -0.2) is 22.2 Å². The summed E-state index contributed by atoms with van der Waals surface area (Å²) in [4.78, 5) is 16.0. The second kappa shape index (κ2) is 6.12. The Morgan fingerprint density at radius 2 is 2.17 bits per heavy atom. The molecule has 124 valence electrons. The fourth-order valence-electron chi connectivity index (χ4n) is 2.11. The van der Waals surface area contributed by atoms with Gasteiger partial charge < -0.3 is 10.4 Å². The van der Waals surface area contributed by atoms with E-state index in [1.165, 1.54) is 0 Å². The number of thiazole rings is 1. The summed E-state index contributed by atoms with van der Waals surface area (Å²) < 4.78 is 37.6. The second-order valence-corrected chi connectivity index (χ2v) is 6.08. The van der Waals surface area contributed by atoms with Gasteiger partial charge in [0.1, 0.15) is 5.01 Å². The standard InChI is InChI=1S/C16H11F3N2O2S/c17-16(18,19)13(22)8-14-21-11-6-5-10(7-12(11)24-14)20-15(23)9-3-1-2-4-9/h1,3-8,22H,2H2,(H,20,23). The average molecular weight is 352 g/mol. The van der Waals surface area contributed by atoms with E-state index in [-0.39, 0.29) is 10.9 Å². The second-order valence-electron chi connectivity index (χ2n) is 5.01. The number of halogens is 3. The number of nitrogens with zero attached hydrogens (tertiary/aromatic N) is 1. The van der Waals surface area contributed by atoms with Gasteiger partial charge in [-0.05, 0) is 24.6 Å². The van der Waals surface area contributed by atoms with E-state index in [9.17, 15) is 18.0 Å². The predicted octanol–water partition coefficient (Wildman–Crippen LogP) is 4.58. The number of hydrogen-bond acceptors (Lipinski definition) is 4. The lowest BCUT2D eigenvalue weighted by molar-refractivity contribution is -0.119. The number of rotatable bonds is 3. The molecule has 0 unspecified atom stereocenters. The minimum absolute atomic E-state index is 0.0322. The third-order valence-electron chi connectivity index (χ3n) is 3.25. The lowest BCUT2D eigenvalue weighted by atomic mass is 10.2. The van der Waals surface area contributed by atoms with Crippen molar-refractivity contribution < 1.29 is 23.1 Å². The molecule has 1 amide bonds. The van der Waals surface area contributed by atoms with E-state index < -0.39 is 11.9 Å². The van der Waals surface area contributed by atoms with E-state index in [2.05, 4.69) is 10.3 Å². The average Bonchev–Trinajstić information content (AvgIpc) is 3.14. The number of allylic oxidation sites excluding steroid dienone is 3. The lowest BCUT2D eigenvalue weighted by Crippen LogP contribution is -2.12. The Labute approximate surface area is 138 Å². The fraction of sp³-hybridized carbons (Fsp3) is 0.125. The highest BCUT2D eigenvalue weighted by Gasteiger charge is 2.34. The number of aliphatic hydroxyl groups is 1. The van der Waals surface area contributed by atoms with Gasteiger partial charge in [-0.1, -0.05) is 18.2 Å². The normalized spacial score (nSPS) is 15.0. The molecule has 0 radical (unpaired) electrons. The van der Waals surface area contributed by atoms with Crippen molar-refractivity contribution in [3.05, 3.63) is 52.8 Å². The van der Waals surface area contributed by atoms with Gasteiger partial charge in [0, 0.05) is 17.3 Å². The van der Waals surface area contributed by atoms with Crippen LogP contribution < -0.4 is 5.32 Å². The summed E-state index contributed by atoms with van der Waals surface area (Å²) in [5.74, 6) is -1.95. The zero-order chi connectivity index (χ0) is 17.3. The maximum Gasteiger partial charge on any atom is 0.448 e. The molecule has 0 spiro atoms. The van der Waals surface area contributed by atoms with E-state index in [1.54, 1.807) is 30.4 Å². The molecule has 4 nitrogen and oxygen atoms in total. The summed E-state index contributed by atoms with van der Waals surface area (Å²) >= 11 is 0.988. The highest BCUT2D eigenvalue weighted by molar-refractivity contribution is 7.19. The number of anilines is 1. The number of carbonyl (C=O) groups is 1. The van der Waals surface area contributed by atoms with Crippen LogP contribution in [0.2, 0.25) is 0 Å². The molecular formula is C16H11F3N2O2S. The molecule has 3 rings (SSSR count). The van der Waals surface area contributed by atoms with E-state index >= 15 is 0 Å². The van der Waals surface area contributed by atoms with Gasteiger partial charge in [0.05, 0.1) is 10.2 Å². The molecule has 2 N–H and O–H groups in total. The first-order valence-corrected chi connectivity index (χ1v) is 7.71. The van der Waals surface area contributed by atoms with Gasteiger partial charge in [-0.3, -0.25) is 4.79 Å². The van der Waals surface area contributed by atoms with Gasteiger partial charge in [0.25, 0.3) is 5.91 Å². The van der Waals surface area contributed by atoms with Crippen LogP contribution in [0.1, 0.15) is 11.4 Å². The van der Waals surface area contributed by atoms with Crippen LogP contribution in [0, 0.1) is 0 Å². The Morgan fingerprint density at radius 1 is 1.38 bits per heavy atom.